The number of benzene rings is 2. The van der Waals surface area contributed by atoms with Crippen LogP contribution in [0.25, 0.3) is 10.9 Å². The quantitative estimate of drug-likeness (QED) is 0.419. The average molecular weight is 342 g/mol. The van der Waals surface area contributed by atoms with E-state index in [-0.39, 0.29) is 16.8 Å². The Balaban J connectivity index is 1.64. The van der Waals surface area contributed by atoms with E-state index >= 15 is 0 Å². The lowest BCUT2D eigenvalue weighted by molar-refractivity contribution is -0.384. The molecule has 0 aliphatic carbocycles. The zero-order chi connectivity index (χ0) is 17.1. The number of aromatic amines is 1. The fourth-order valence-electron chi connectivity index (χ4n) is 2.17. The Morgan fingerprint density at radius 2 is 2.04 bits per heavy atom. The van der Waals surface area contributed by atoms with Gasteiger partial charge in [-0.15, -0.1) is 11.8 Å². The second-order valence-corrected chi connectivity index (χ2v) is 6.59. The highest BCUT2D eigenvalue weighted by atomic mass is 32.2. The van der Waals surface area contributed by atoms with Gasteiger partial charge in [0.25, 0.3) is 5.69 Å². The SMILES string of the molecule is CC(Sc1ccc([N+](=O)[O-])cc1)C(=O)Nc1ccc2[nH]ncc2c1. The maximum atomic E-state index is 12.3. The summed E-state index contributed by atoms with van der Waals surface area (Å²) in [7, 11) is 0. The lowest BCUT2D eigenvalue weighted by atomic mass is 10.2. The van der Waals surface area contributed by atoms with Crippen LogP contribution in [0, 0.1) is 10.1 Å². The van der Waals surface area contributed by atoms with Crippen LogP contribution in [-0.4, -0.2) is 26.3 Å². The molecule has 3 aromatic rings. The predicted octanol–water partition coefficient (Wildman–Crippen LogP) is 3.59. The molecule has 2 aromatic carbocycles. The molecule has 1 atom stereocenters. The first-order chi connectivity index (χ1) is 11.5. The standard InChI is InChI=1S/C16H14N4O3S/c1-10(24-14-5-3-13(4-6-14)20(22)23)16(21)18-12-2-7-15-11(8-12)9-17-19-15/h2-10H,1H3,(H,17,19)(H,18,21). The predicted molar refractivity (Wildman–Crippen MR) is 93.1 cm³/mol. The highest BCUT2D eigenvalue weighted by Gasteiger charge is 2.15. The Kier molecular flexibility index (Phi) is 4.48. The molecule has 0 aliphatic rings. The number of nitro benzene ring substituents is 1. The Morgan fingerprint density at radius 3 is 2.75 bits per heavy atom. The molecule has 0 fully saturated rings. The summed E-state index contributed by atoms with van der Waals surface area (Å²) in [5.41, 5.74) is 1.64. The molecular weight excluding hydrogens is 328 g/mol. The van der Waals surface area contributed by atoms with Crippen LogP contribution >= 0.6 is 11.8 Å². The van der Waals surface area contributed by atoms with E-state index < -0.39 is 4.92 Å². The maximum Gasteiger partial charge on any atom is 0.269 e. The number of amides is 1. The van der Waals surface area contributed by atoms with Crippen molar-refractivity contribution < 1.29 is 9.72 Å². The molecule has 0 bridgehead atoms. The van der Waals surface area contributed by atoms with Gasteiger partial charge in [-0.1, -0.05) is 0 Å². The second kappa shape index (κ2) is 6.71. The van der Waals surface area contributed by atoms with Gasteiger partial charge in [0.15, 0.2) is 0 Å². The zero-order valence-electron chi connectivity index (χ0n) is 12.7. The zero-order valence-corrected chi connectivity index (χ0v) is 13.5. The number of H-pyrrole nitrogens is 1. The van der Waals surface area contributed by atoms with Crippen LogP contribution in [-0.2, 0) is 4.79 Å². The van der Waals surface area contributed by atoms with E-state index in [2.05, 4.69) is 15.5 Å². The van der Waals surface area contributed by atoms with E-state index in [9.17, 15) is 14.9 Å². The van der Waals surface area contributed by atoms with E-state index in [1.165, 1.54) is 23.9 Å². The highest BCUT2D eigenvalue weighted by Crippen LogP contribution is 2.26. The first kappa shape index (κ1) is 16.0. The number of fused-ring (bicyclic) bond motifs is 1. The molecule has 2 N–H and O–H groups in total. The number of anilines is 1. The Bertz CT molecular complexity index is 892. The molecule has 1 unspecified atom stereocenters. The van der Waals surface area contributed by atoms with Crippen LogP contribution in [0.1, 0.15) is 6.92 Å². The summed E-state index contributed by atoms with van der Waals surface area (Å²) in [6.07, 6.45) is 1.69. The maximum absolute atomic E-state index is 12.3. The number of non-ortho nitro benzene ring substituents is 1. The second-order valence-electron chi connectivity index (χ2n) is 5.17. The molecule has 0 aliphatic heterocycles. The van der Waals surface area contributed by atoms with Crippen molar-refractivity contribution in [3.8, 4) is 0 Å². The summed E-state index contributed by atoms with van der Waals surface area (Å²) in [6.45, 7) is 1.79. The van der Waals surface area contributed by atoms with Crippen LogP contribution in [0.15, 0.2) is 53.6 Å². The summed E-state index contributed by atoms with van der Waals surface area (Å²) in [4.78, 5) is 23.3. The number of carbonyl (C=O) groups is 1. The minimum atomic E-state index is -0.448. The summed E-state index contributed by atoms with van der Waals surface area (Å²) in [6, 6.07) is 11.7. The van der Waals surface area contributed by atoms with Gasteiger partial charge in [-0.05, 0) is 37.3 Å². The Morgan fingerprint density at radius 1 is 1.29 bits per heavy atom. The number of rotatable bonds is 5. The monoisotopic (exact) mass is 342 g/mol. The smallest absolute Gasteiger partial charge is 0.269 e. The Labute approximate surface area is 141 Å². The van der Waals surface area contributed by atoms with Gasteiger partial charge in [0.05, 0.1) is 21.9 Å². The molecule has 3 rings (SSSR count). The van der Waals surface area contributed by atoms with Gasteiger partial charge in [0.2, 0.25) is 5.91 Å². The summed E-state index contributed by atoms with van der Waals surface area (Å²) < 4.78 is 0. The number of hydrogen-bond donors (Lipinski definition) is 2. The van der Waals surface area contributed by atoms with Crippen LogP contribution < -0.4 is 5.32 Å². The number of aromatic nitrogens is 2. The lowest BCUT2D eigenvalue weighted by Crippen LogP contribution is -2.22. The highest BCUT2D eigenvalue weighted by molar-refractivity contribution is 8.00. The Hall–Kier alpha value is -2.87. The van der Waals surface area contributed by atoms with E-state index in [1.807, 2.05) is 18.2 Å². The fourth-order valence-corrected chi connectivity index (χ4v) is 3.04. The van der Waals surface area contributed by atoms with Crippen molar-refractivity contribution in [2.75, 3.05) is 5.32 Å². The van der Waals surface area contributed by atoms with E-state index in [1.54, 1.807) is 25.3 Å². The van der Waals surface area contributed by atoms with Gasteiger partial charge in [-0.3, -0.25) is 20.0 Å². The molecule has 0 radical (unpaired) electrons. The first-order valence-electron chi connectivity index (χ1n) is 7.18. The molecule has 1 amide bonds. The van der Waals surface area contributed by atoms with Gasteiger partial charge >= 0.3 is 0 Å². The van der Waals surface area contributed by atoms with E-state index in [0.717, 1.165) is 15.8 Å². The van der Waals surface area contributed by atoms with Crippen LogP contribution in [0.5, 0.6) is 0 Å². The summed E-state index contributed by atoms with van der Waals surface area (Å²) in [5, 5.41) is 20.9. The number of nitro groups is 1. The van der Waals surface area contributed by atoms with Gasteiger partial charge in [-0.25, -0.2) is 0 Å². The van der Waals surface area contributed by atoms with Crippen molar-refractivity contribution >= 4 is 39.9 Å². The average Bonchev–Trinajstić information content (AvgIpc) is 3.03. The molecule has 7 nitrogen and oxygen atoms in total. The summed E-state index contributed by atoms with van der Waals surface area (Å²) >= 11 is 1.34. The minimum absolute atomic E-state index is 0.0323. The number of carbonyl (C=O) groups excluding carboxylic acids is 1. The molecule has 1 aromatic heterocycles. The van der Waals surface area contributed by atoms with E-state index in [4.69, 9.17) is 0 Å². The normalized spacial score (nSPS) is 12.0. The summed E-state index contributed by atoms with van der Waals surface area (Å²) in [5.74, 6) is -0.138. The largest absolute Gasteiger partial charge is 0.325 e. The van der Waals surface area contributed by atoms with Crippen molar-refractivity contribution in [1.29, 1.82) is 0 Å². The van der Waals surface area contributed by atoms with Gasteiger partial charge < -0.3 is 5.32 Å². The fraction of sp³-hybridized carbons (Fsp3) is 0.125. The minimum Gasteiger partial charge on any atom is -0.325 e. The molecule has 122 valence electrons. The molecule has 0 spiro atoms. The third-order valence-corrected chi connectivity index (χ3v) is 4.55. The number of nitrogens with one attached hydrogen (secondary N) is 2. The number of hydrogen-bond acceptors (Lipinski definition) is 5. The van der Waals surface area contributed by atoms with Gasteiger partial charge in [-0.2, -0.15) is 5.10 Å². The molecule has 24 heavy (non-hydrogen) atoms. The molecular formula is C16H14N4O3S. The van der Waals surface area contributed by atoms with Crippen molar-refractivity contribution in [2.45, 2.75) is 17.1 Å². The molecule has 1 heterocycles. The van der Waals surface area contributed by atoms with Crippen molar-refractivity contribution in [2.24, 2.45) is 0 Å². The molecule has 8 heteroatoms. The van der Waals surface area contributed by atoms with Crippen molar-refractivity contribution in [3.05, 3.63) is 58.8 Å². The lowest BCUT2D eigenvalue weighted by Gasteiger charge is -2.12. The third-order valence-electron chi connectivity index (χ3n) is 3.44. The molecule has 0 saturated heterocycles. The van der Waals surface area contributed by atoms with Crippen LogP contribution in [0.3, 0.4) is 0 Å². The third kappa shape index (κ3) is 3.54. The van der Waals surface area contributed by atoms with Crippen molar-refractivity contribution in [3.63, 3.8) is 0 Å². The first-order valence-corrected chi connectivity index (χ1v) is 8.06. The van der Waals surface area contributed by atoms with Crippen LogP contribution in [0.4, 0.5) is 11.4 Å². The van der Waals surface area contributed by atoms with Gasteiger partial charge in [0.1, 0.15) is 0 Å². The van der Waals surface area contributed by atoms with Crippen molar-refractivity contribution in [1.82, 2.24) is 10.2 Å². The topological polar surface area (TPSA) is 101 Å². The molecule has 0 saturated carbocycles. The van der Waals surface area contributed by atoms with Crippen LogP contribution in [0.2, 0.25) is 0 Å². The van der Waals surface area contributed by atoms with Gasteiger partial charge in [0, 0.05) is 28.1 Å². The number of nitrogens with zero attached hydrogens (tertiary/aromatic N) is 2. The number of thioether (sulfide) groups is 1. The van der Waals surface area contributed by atoms with E-state index in [0.29, 0.717) is 5.69 Å².